The normalized spacial score (nSPS) is 17.8. The van der Waals surface area contributed by atoms with Crippen molar-refractivity contribution in [3.05, 3.63) is 34.9 Å². The topological polar surface area (TPSA) is 142 Å². The summed E-state index contributed by atoms with van der Waals surface area (Å²) in [6.07, 6.45) is -3.75. The van der Waals surface area contributed by atoms with Crippen LogP contribution >= 0.6 is 0 Å². The molecule has 1 atom stereocenters. The number of benzene rings is 1. The molecule has 35 heavy (non-hydrogen) atoms. The molecule has 1 saturated heterocycles. The number of rotatable bonds is 9. The Morgan fingerprint density at radius 1 is 1.03 bits per heavy atom. The minimum Gasteiger partial charge on any atom is -0.352 e. The summed E-state index contributed by atoms with van der Waals surface area (Å²) in [6.45, 7) is -0.207. The number of carbonyl (C=O) groups is 6. The zero-order valence-corrected chi connectivity index (χ0v) is 18.5. The third kappa shape index (κ3) is 6.03. The van der Waals surface area contributed by atoms with Gasteiger partial charge in [0.2, 0.25) is 17.7 Å². The summed E-state index contributed by atoms with van der Waals surface area (Å²) in [5.74, 6) is -4.88. The molecule has 3 rings (SSSR count). The average Bonchev–Trinajstić information content (AvgIpc) is 3.04. The highest BCUT2D eigenvalue weighted by atomic mass is 19.4. The molecule has 6 amide bonds. The first-order valence-corrected chi connectivity index (χ1v) is 11.0. The summed E-state index contributed by atoms with van der Waals surface area (Å²) < 4.78 is 36.3. The van der Waals surface area contributed by atoms with E-state index >= 15 is 0 Å². The van der Waals surface area contributed by atoms with Crippen LogP contribution in [0.25, 0.3) is 0 Å². The molecule has 0 spiro atoms. The predicted octanol–water partition coefficient (Wildman–Crippen LogP) is 0.943. The molecule has 188 valence electrons. The van der Waals surface area contributed by atoms with Gasteiger partial charge in [0, 0.05) is 25.9 Å². The van der Waals surface area contributed by atoms with Gasteiger partial charge in [0.25, 0.3) is 11.8 Å². The summed E-state index contributed by atoms with van der Waals surface area (Å²) >= 11 is 0. The summed E-state index contributed by atoms with van der Waals surface area (Å²) in [5.41, 5.74) is 0.578. The lowest BCUT2D eigenvalue weighted by molar-refractivity contribution is -0.173. The molecule has 0 radical (unpaired) electrons. The number of alkyl halides is 3. The highest BCUT2D eigenvalue weighted by molar-refractivity contribution is 6.24. The lowest BCUT2D eigenvalue weighted by atomic mass is 10.0. The summed E-state index contributed by atoms with van der Waals surface area (Å²) in [5, 5.41) is 6.51. The van der Waals surface area contributed by atoms with E-state index in [1.165, 1.54) is 6.07 Å². The highest BCUT2D eigenvalue weighted by Gasteiger charge is 2.45. The summed E-state index contributed by atoms with van der Waals surface area (Å²) in [7, 11) is 0. The van der Waals surface area contributed by atoms with Gasteiger partial charge in [-0.3, -0.25) is 39.0 Å². The van der Waals surface area contributed by atoms with Gasteiger partial charge in [0.05, 0.1) is 11.1 Å². The predicted molar refractivity (Wildman–Crippen MR) is 112 cm³/mol. The molecule has 0 aromatic heterocycles. The van der Waals surface area contributed by atoms with E-state index in [4.69, 9.17) is 0 Å². The number of carbonyl (C=O) groups excluding carboxylic acids is 6. The van der Waals surface area contributed by atoms with Gasteiger partial charge in [-0.2, -0.15) is 13.2 Å². The second kappa shape index (κ2) is 10.7. The van der Waals surface area contributed by atoms with E-state index in [0.29, 0.717) is 18.4 Å². The molecule has 13 heteroatoms. The smallest absolute Gasteiger partial charge is 0.352 e. The van der Waals surface area contributed by atoms with Crippen molar-refractivity contribution >= 4 is 35.4 Å². The van der Waals surface area contributed by atoms with Crippen LogP contribution in [0.3, 0.4) is 0 Å². The third-order valence-electron chi connectivity index (χ3n) is 5.65. The Morgan fingerprint density at radius 3 is 2.46 bits per heavy atom. The van der Waals surface area contributed by atoms with Crippen molar-refractivity contribution in [1.29, 1.82) is 0 Å². The van der Waals surface area contributed by atoms with Crippen molar-refractivity contribution in [3.8, 4) is 0 Å². The first-order valence-electron chi connectivity index (χ1n) is 11.0. The van der Waals surface area contributed by atoms with E-state index in [9.17, 15) is 41.9 Å². The molecule has 0 saturated carbocycles. The number of nitrogens with one attached hydrogen (secondary N) is 3. The molecular formula is C22H23F3N4O6. The number of halogens is 3. The van der Waals surface area contributed by atoms with Crippen molar-refractivity contribution in [3.63, 3.8) is 0 Å². The Kier molecular flexibility index (Phi) is 7.87. The number of fused-ring (bicyclic) bond motifs is 1. The first-order chi connectivity index (χ1) is 16.5. The summed E-state index contributed by atoms with van der Waals surface area (Å²) in [4.78, 5) is 73.1. The molecular weight excluding hydrogens is 473 g/mol. The van der Waals surface area contributed by atoms with Crippen molar-refractivity contribution in [1.82, 2.24) is 20.9 Å². The van der Waals surface area contributed by atoms with Crippen molar-refractivity contribution in [2.75, 3.05) is 6.54 Å². The minimum absolute atomic E-state index is 0.00141. The van der Waals surface area contributed by atoms with E-state index in [-0.39, 0.29) is 55.8 Å². The van der Waals surface area contributed by atoms with Crippen LogP contribution < -0.4 is 16.0 Å². The molecule has 0 bridgehead atoms. The lowest BCUT2D eigenvalue weighted by Gasteiger charge is -2.27. The van der Waals surface area contributed by atoms with Gasteiger partial charge in [0.1, 0.15) is 6.04 Å². The fourth-order valence-electron chi connectivity index (χ4n) is 3.90. The molecule has 3 N–H and O–H groups in total. The van der Waals surface area contributed by atoms with E-state index < -0.39 is 41.8 Å². The van der Waals surface area contributed by atoms with Crippen LogP contribution in [0, 0.1) is 0 Å². The minimum atomic E-state index is -4.93. The first kappa shape index (κ1) is 25.8. The molecule has 2 aliphatic rings. The number of imide groups is 2. The number of nitrogens with zero attached hydrogens (tertiary/aromatic N) is 1. The summed E-state index contributed by atoms with van der Waals surface area (Å²) in [6, 6.07) is 3.48. The molecule has 2 aliphatic heterocycles. The second-order valence-electron chi connectivity index (χ2n) is 8.13. The maximum atomic E-state index is 13.0. The van der Waals surface area contributed by atoms with Crippen LogP contribution in [-0.4, -0.2) is 59.1 Å². The van der Waals surface area contributed by atoms with Gasteiger partial charge in [-0.1, -0.05) is 18.6 Å². The quantitative estimate of drug-likeness (QED) is 0.343. The van der Waals surface area contributed by atoms with Crippen LogP contribution in [0.4, 0.5) is 13.2 Å². The zero-order valence-electron chi connectivity index (χ0n) is 18.5. The van der Waals surface area contributed by atoms with Crippen LogP contribution in [0.5, 0.6) is 0 Å². The number of unbranched alkanes of at least 4 members (excludes halogenated alkanes) is 2. The molecule has 1 aromatic carbocycles. The average molecular weight is 496 g/mol. The van der Waals surface area contributed by atoms with Gasteiger partial charge in [0.15, 0.2) is 0 Å². The standard InChI is InChI=1S/C22H23F3N4O6/c23-22(24,25)21(35)26-10-3-1-2-7-15(30)27-11-12-5-4-6-13-17(12)20(34)29(19(13)33)14-8-9-16(31)28-18(14)32/h4-6,14H,1-3,7-11H2,(H,26,35)(H,27,30)(H,28,31,32). The Labute approximate surface area is 197 Å². The van der Waals surface area contributed by atoms with Gasteiger partial charge >= 0.3 is 12.1 Å². The lowest BCUT2D eigenvalue weighted by Crippen LogP contribution is -2.54. The van der Waals surface area contributed by atoms with Crippen molar-refractivity contribution in [2.45, 2.75) is 57.3 Å². The van der Waals surface area contributed by atoms with Gasteiger partial charge in [-0.15, -0.1) is 0 Å². The highest BCUT2D eigenvalue weighted by Crippen LogP contribution is 2.30. The van der Waals surface area contributed by atoms with E-state index in [0.717, 1.165) is 4.90 Å². The number of hydrogen-bond donors (Lipinski definition) is 3. The number of piperidine rings is 1. The molecule has 1 aromatic rings. The molecule has 10 nitrogen and oxygen atoms in total. The number of hydrogen-bond acceptors (Lipinski definition) is 6. The van der Waals surface area contributed by atoms with Crippen LogP contribution in [-0.2, 0) is 25.7 Å². The fraction of sp³-hybridized carbons (Fsp3) is 0.455. The zero-order chi connectivity index (χ0) is 25.8. The Balaban J connectivity index is 1.50. The van der Waals surface area contributed by atoms with Gasteiger partial charge < -0.3 is 10.6 Å². The maximum absolute atomic E-state index is 13.0. The Hall–Kier alpha value is -3.77. The largest absolute Gasteiger partial charge is 0.471 e. The van der Waals surface area contributed by atoms with Crippen LogP contribution in [0.15, 0.2) is 18.2 Å². The molecule has 1 unspecified atom stereocenters. The molecule has 0 aliphatic carbocycles. The maximum Gasteiger partial charge on any atom is 0.471 e. The third-order valence-corrected chi connectivity index (χ3v) is 5.65. The monoisotopic (exact) mass is 496 g/mol. The fourth-order valence-corrected chi connectivity index (χ4v) is 3.90. The molecule has 1 fully saturated rings. The van der Waals surface area contributed by atoms with E-state index in [2.05, 4.69) is 10.6 Å². The SMILES string of the molecule is O=C(CCCCCNC(=O)C(F)(F)F)NCc1cccc2c1C(=O)N(C1CCC(=O)NC1=O)C2=O. The Bertz CT molecular complexity index is 1070. The number of amides is 6. The molecule has 2 heterocycles. The van der Waals surface area contributed by atoms with Gasteiger partial charge in [-0.25, -0.2) is 0 Å². The van der Waals surface area contributed by atoms with E-state index in [1.54, 1.807) is 17.4 Å². The van der Waals surface area contributed by atoms with Crippen LogP contribution in [0.2, 0.25) is 0 Å². The van der Waals surface area contributed by atoms with Crippen molar-refractivity contribution < 1.29 is 41.9 Å². The van der Waals surface area contributed by atoms with Crippen molar-refractivity contribution in [2.24, 2.45) is 0 Å². The van der Waals surface area contributed by atoms with E-state index in [1.807, 2.05) is 0 Å². The van der Waals surface area contributed by atoms with Gasteiger partial charge in [-0.05, 0) is 30.9 Å². The van der Waals surface area contributed by atoms with Crippen LogP contribution in [0.1, 0.15) is 64.8 Å². The Morgan fingerprint density at radius 2 is 1.77 bits per heavy atom. The second-order valence-corrected chi connectivity index (χ2v) is 8.13.